The molecule has 2 heterocycles. The molecule has 3 unspecified atom stereocenters. The summed E-state index contributed by atoms with van der Waals surface area (Å²) >= 11 is 0. The van der Waals surface area contributed by atoms with Crippen LogP contribution in [0.1, 0.15) is 46.0 Å². The molecule has 0 aromatic heterocycles. The van der Waals surface area contributed by atoms with Crippen LogP contribution in [0.25, 0.3) is 0 Å². The lowest BCUT2D eigenvalue weighted by Gasteiger charge is -2.40. The van der Waals surface area contributed by atoms with Crippen LogP contribution in [0.15, 0.2) is 0 Å². The molecule has 2 aliphatic heterocycles. The van der Waals surface area contributed by atoms with Crippen molar-refractivity contribution in [2.45, 2.75) is 52.0 Å². The lowest BCUT2D eigenvalue weighted by atomic mass is 9.86. The van der Waals surface area contributed by atoms with Crippen molar-refractivity contribution in [3.05, 3.63) is 0 Å². The van der Waals surface area contributed by atoms with E-state index in [1.165, 1.54) is 0 Å². The van der Waals surface area contributed by atoms with Crippen molar-refractivity contribution < 1.29 is 14.3 Å². The Balaban J connectivity index is 2.03. The number of ether oxygens (including phenoxy) is 1. The molecule has 4 nitrogen and oxygen atoms in total. The first kappa shape index (κ1) is 14.5. The number of carbonyl (C=O) groups is 2. The van der Waals surface area contributed by atoms with Gasteiger partial charge in [-0.15, -0.1) is 0 Å². The number of hydrogen-bond acceptors (Lipinski definition) is 3. The van der Waals surface area contributed by atoms with Gasteiger partial charge in [0.1, 0.15) is 5.78 Å². The molecule has 2 rings (SSSR count). The Bertz CT molecular complexity index is 342. The van der Waals surface area contributed by atoms with Gasteiger partial charge < -0.3 is 9.64 Å². The molecule has 2 saturated heterocycles. The number of hydrogen-bond donors (Lipinski definition) is 0. The lowest BCUT2D eigenvalue weighted by Crippen LogP contribution is -2.49. The Labute approximate surface area is 115 Å². The van der Waals surface area contributed by atoms with Gasteiger partial charge in [-0.2, -0.15) is 0 Å². The van der Waals surface area contributed by atoms with E-state index >= 15 is 0 Å². The minimum Gasteiger partial charge on any atom is -0.381 e. The van der Waals surface area contributed by atoms with E-state index in [1.807, 2.05) is 4.90 Å². The van der Waals surface area contributed by atoms with Gasteiger partial charge in [0.05, 0.1) is 0 Å². The highest BCUT2D eigenvalue weighted by Crippen LogP contribution is 2.28. The maximum Gasteiger partial charge on any atom is 0.226 e. The SMILES string of the molecule is CC(=O)CC1CCCCN1C(=O)C1CCOCC1C. The molecular weight excluding hydrogens is 242 g/mol. The molecule has 0 bridgehead atoms. The highest BCUT2D eigenvalue weighted by atomic mass is 16.5. The van der Waals surface area contributed by atoms with E-state index in [2.05, 4.69) is 6.92 Å². The highest BCUT2D eigenvalue weighted by molar-refractivity contribution is 5.81. The molecule has 0 N–H and O–H groups in total. The predicted octanol–water partition coefficient (Wildman–Crippen LogP) is 2.02. The zero-order chi connectivity index (χ0) is 13.8. The van der Waals surface area contributed by atoms with Gasteiger partial charge in [0.2, 0.25) is 5.91 Å². The highest BCUT2D eigenvalue weighted by Gasteiger charge is 2.35. The minimum atomic E-state index is 0.0845. The van der Waals surface area contributed by atoms with Gasteiger partial charge in [0, 0.05) is 38.1 Å². The summed E-state index contributed by atoms with van der Waals surface area (Å²) in [5, 5.41) is 0. The third kappa shape index (κ3) is 3.56. The van der Waals surface area contributed by atoms with Crippen molar-refractivity contribution in [2.75, 3.05) is 19.8 Å². The topological polar surface area (TPSA) is 46.6 Å². The van der Waals surface area contributed by atoms with E-state index in [0.717, 1.165) is 32.2 Å². The monoisotopic (exact) mass is 267 g/mol. The minimum absolute atomic E-state index is 0.0845. The molecule has 4 heteroatoms. The van der Waals surface area contributed by atoms with Crippen LogP contribution in [0.4, 0.5) is 0 Å². The van der Waals surface area contributed by atoms with Gasteiger partial charge in [-0.1, -0.05) is 6.92 Å². The summed E-state index contributed by atoms with van der Waals surface area (Å²) in [6.07, 6.45) is 4.51. The first-order chi connectivity index (χ1) is 9.09. The molecule has 0 saturated carbocycles. The Morgan fingerprint density at radius 1 is 1.26 bits per heavy atom. The van der Waals surface area contributed by atoms with Gasteiger partial charge in [0.25, 0.3) is 0 Å². The van der Waals surface area contributed by atoms with Gasteiger partial charge in [-0.05, 0) is 38.5 Å². The van der Waals surface area contributed by atoms with Crippen LogP contribution in [-0.2, 0) is 14.3 Å². The molecule has 0 aliphatic carbocycles. The summed E-state index contributed by atoms with van der Waals surface area (Å²) in [5.74, 6) is 0.814. The van der Waals surface area contributed by atoms with Crippen molar-refractivity contribution in [3.63, 3.8) is 0 Å². The molecule has 19 heavy (non-hydrogen) atoms. The number of ketones is 1. The van der Waals surface area contributed by atoms with E-state index in [4.69, 9.17) is 4.74 Å². The second-order valence-electron chi connectivity index (χ2n) is 6.03. The fraction of sp³-hybridized carbons (Fsp3) is 0.867. The smallest absolute Gasteiger partial charge is 0.226 e. The van der Waals surface area contributed by atoms with Crippen molar-refractivity contribution in [1.82, 2.24) is 4.90 Å². The third-order valence-electron chi connectivity index (χ3n) is 4.39. The van der Waals surface area contributed by atoms with Gasteiger partial charge in [-0.25, -0.2) is 0 Å². The molecule has 3 atom stereocenters. The van der Waals surface area contributed by atoms with Gasteiger partial charge >= 0.3 is 0 Å². The van der Waals surface area contributed by atoms with E-state index in [1.54, 1.807) is 6.92 Å². The average Bonchev–Trinajstić information content (AvgIpc) is 2.38. The van der Waals surface area contributed by atoms with E-state index in [-0.39, 0.29) is 23.7 Å². The molecular formula is C15H25NO3. The molecule has 0 radical (unpaired) electrons. The Morgan fingerprint density at radius 2 is 2.05 bits per heavy atom. The lowest BCUT2D eigenvalue weighted by molar-refractivity contribution is -0.145. The van der Waals surface area contributed by atoms with Crippen LogP contribution in [0.3, 0.4) is 0 Å². The predicted molar refractivity (Wildman–Crippen MR) is 72.7 cm³/mol. The number of carbonyl (C=O) groups excluding carboxylic acids is 2. The Hall–Kier alpha value is -0.900. The zero-order valence-corrected chi connectivity index (χ0v) is 12.1. The number of rotatable bonds is 3. The molecule has 1 amide bonds. The molecule has 0 aromatic carbocycles. The standard InChI is InChI=1S/C15H25NO3/c1-11-10-19-8-6-14(11)15(18)16-7-4-3-5-13(16)9-12(2)17/h11,13-14H,3-10H2,1-2H3. The van der Waals surface area contributed by atoms with E-state index in [9.17, 15) is 9.59 Å². The van der Waals surface area contributed by atoms with E-state index < -0.39 is 0 Å². The number of piperidine rings is 1. The number of Topliss-reactive ketones (excluding diaryl/α,β-unsaturated/α-hetero) is 1. The molecule has 0 spiro atoms. The van der Waals surface area contributed by atoms with Crippen molar-refractivity contribution in [1.29, 1.82) is 0 Å². The number of likely N-dealkylation sites (tertiary alicyclic amines) is 1. The van der Waals surface area contributed by atoms with Crippen LogP contribution in [-0.4, -0.2) is 42.4 Å². The Kier molecular flexibility index (Phi) is 4.97. The fourth-order valence-corrected chi connectivity index (χ4v) is 3.29. The molecule has 2 aliphatic rings. The molecule has 2 fully saturated rings. The average molecular weight is 267 g/mol. The number of amides is 1. The molecule has 108 valence electrons. The largest absolute Gasteiger partial charge is 0.381 e. The third-order valence-corrected chi connectivity index (χ3v) is 4.39. The van der Waals surface area contributed by atoms with Crippen LogP contribution >= 0.6 is 0 Å². The van der Waals surface area contributed by atoms with Crippen LogP contribution in [0, 0.1) is 11.8 Å². The van der Waals surface area contributed by atoms with Crippen molar-refractivity contribution in [3.8, 4) is 0 Å². The summed E-state index contributed by atoms with van der Waals surface area (Å²) in [5.41, 5.74) is 0. The van der Waals surface area contributed by atoms with Crippen molar-refractivity contribution >= 4 is 11.7 Å². The summed E-state index contributed by atoms with van der Waals surface area (Å²) < 4.78 is 5.42. The molecule has 0 aromatic rings. The van der Waals surface area contributed by atoms with E-state index in [0.29, 0.717) is 25.6 Å². The maximum absolute atomic E-state index is 12.7. The Morgan fingerprint density at radius 3 is 2.74 bits per heavy atom. The maximum atomic E-state index is 12.7. The summed E-state index contributed by atoms with van der Waals surface area (Å²) in [6.45, 7) is 5.90. The number of nitrogens with zero attached hydrogens (tertiary/aromatic N) is 1. The normalized spacial score (nSPS) is 32.1. The van der Waals surface area contributed by atoms with Crippen LogP contribution in [0.5, 0.6) is 0 Å². The van der Waals surface area contributed by atoms with Crippen molar-refractivity contribution in [2.24, 2.45) is 11.8 Å². The summed E-state index contributed by atoms with van der Waals surface area (Å²) in [7, 11) is 0. The quantitative estimate of drug-likeness (QED) is 0.786. The first-order valence-corrected chi connectivity index (χ1v) is 7.47. The fourth-order valence-electron chi connectivity index (χ4n) is 3.29. The second kappa shape index (κ2) is 6.51. The second-order valence-corrected chi connectivity index (χ2v) is 6.03. The van der Waals surface area contributed by atoms with Gasteiger partial charge in [0.15, 0.2) is 0 Å². The summed E-state index contributed by atoms with van der Waals surface area (Å²) in [4.78, 5) is 26.1. The van der Waals surface area contributed by atoms with Crippen LogP contribution in [0.2, 0.25) is 0 Å². The summed E-state index contributed by atoms with van der Waals surface area (Å²) in [6, 6.07) is 0.133. The zero-order valence-electron chi connectivity index (χ0n) is 12.1. The van der Waals surface area contributed by atoms with Gasteiger partial charge in [-0.3, -0.25) is 9.59 Å². The van der Waals surface area contributed by atoms with Crippen LogP contribution < -0.4 is 0 Å². The first-order valence-electron chi connectivity index (χ1n) is 7.47.